The van der Waals surface area contributed by atoms with E-state index in [9.17, 15) is 18.4 Å². The standard InChI is InChI=1S/C19H16F2N2O3S/c1-11-4-2-3-5-15(11)23(17(24)6-7-18(25)26)10-16-22-14-9-12(20)8-13(21)19(14)27-16/h2-5,8-9H,6-7,10H2,1H3,(H,25,26). The molecule has 0 aliphatic rings. The normalized spacial score (nSPS) is 10.9. The monoisotopic (exact) mass is 390 g/mol. The molecule has 0 aliphatic carbocycles. The molecule has 0 bridgehead atoms. The number of rotatable bonds is 6. The number of carbonyl (C=O) groups excluding carboxylic acids is 1. The highest BCUT2D eigenvalue weighted by Crippen LogP contribution is 2.29. The van der Waals surface area contributed by atoms with Gasteiger partial charge in [0.25, 0.3) is 0 Å². The van der Waals surface area contributed by atoms with Crippen molar-refractivity contribution >= 4 is 39.1 Å². The maximum Gasteiger partial charge on any atom is 0.303 e. The minimum absolute atomic E-state index is 0.0453. The summed E-state index contributed by atoms with van der Waals surface area (Å²) in [6.45, 7) is 1.88. The van der Waals surface area contributed by atoms with Crippen LogP contribution in [-0.4, -0.2) is 22.0 Å². The Morgan fingerprint density at radius 2 is 1.93 bits per heavy atom. The van der Waals surface area contributed by atoms with Crippen LogP contribution >= 0.6 is 11.3 Å². The lowest BCUT2D eigenvalue weighted by Gasteiger charge is -2.23. The Morgan fingerprint density at radius 1 is 1.19 bits per heavy atom. The number of amides is 1. The Morgan fingerprint density at radius 3 is 2.63 bits per heavy atom. The van der Waals surface area contributed by atoms with E-state index in [1.54, 1.807) is 12.1 Å². The zero-order chi connectivity index (χ0) is 19.6. The van der Waals surface area contributed by atoms with E-state index in [2.05, 4.69) is 4.98 Å². The number of thiazole rings is 1. The maximum absolute atomic E-state index is 13.9. The van der Waals surface area contributed by atoms with Crippen LogP contribution in [0.2, 0.25) is 0 Å². The highest BCUT2D eigenvalue weighted by Gasteiger charge is 2.21. The molecule has 0 atom stereocenters. The molecule has 0 spiro atoms. The summed E-state index contributed by atoms with van der Waals surface area (Å²) >= 11 is 1.04. The Kier molecular flexibility index (Phi) is 5.46. The molecule has 0 saturated heterocycles. The second-order valence-corrected chi connectivity index (χ2v) is 7.09. The predicted octanol–water partition coefficient (Wildman–Crippen LogP) is 4.28. The van der Waals surface area contributed by atoms with Crippen LogP contribution in [0.5, 0.6) is 0 Å². The van der Waals surface area contributed by atoms with Gasteiger partial charge in [-0.25, -0.2) is 13.8 Å². The highest BCUT2D eigenvalue weighted by molar-refractivity contribution is 7.18. The van der Waals surface area contributed by atoms with Crippen LogP contribution in [0.1, 0.15) is 23.4 Å². The van der Waals surface area contributed by atoms with Gasteiger partial charge < -0.3 is 10.0 Å². The largest absolute Gasteiger partial charge is 0.481 e. The number of nitrogens with zero attached hydrogens (tertiary/aromatic N) is 2. The Balaban J connectivity index is 1.96. The summed E-state index contributed by atoms with van der Waals surface area (Å²) < 4.78 is 27.6. The van der Waals surface area contributed by atoms with Crippen molar-refractivity contribution in [2.24, 2.45) is 0 Å². The van der Waals surface area contributed by atoms with Crippen LogP contribution in [0.15, 0.2) is 36.4 Å². The molecule has 3 rings (SSSR count). The van der Waals surface area contributed by atoms with E-state index in [-0.39, 0.29) is 35.5 Å². The first-order valence-electron chi connectivity index (χ1n) is 8.17. The average molecular weight is 390 g/mol. The minimum atomic E-state index is -1.06. The van der Waals surface area contributed by atoms with Crippen molar-refractivity contribution in [3.8, 4) is 0 Å². The molecule has 8 heteroatoms. The van der Waals surface area contributed by atoms with Gasteiger partial charge in [-0.15, -0.1) is 11.3 Å². The third-order valence-electron chi connectivity index (χ3n) is 4.01. The van der Waals surface area contributed by atoms with E-state index in [0.717, 1.165) is 29.0 Å². The van der Waals surface area contributed by atoms with Gasteiger partial charge in [-0.3, -0.25) is 9.59 Å². The highest BCUT2D eigenvalue weighted by atomic mass is 32.1. The number of carbonyl (C=O) groups is 2. The number of anilines is 1. The number of benzene rings is 2. The lowest BCUT2D eigenvalue weighted by atomic mass is 10.1. The molecule has 1 heterocycles. The molecule has 0 radical (unpaired) electrons. The molecule has 0 saturated carbocycles. The fourth-order valence-electron chi connectivity index (χ4n) is 2.73. The van der Waals surface area contributed by atoms with Gasteiger partial charge in [0.05, 0.1) is 23.2 Å². The molecule has 0 fully saturated rings. The van der Waals surface area contributed by atoms with E-state index in [4.69, 9.17) is 5.11 Å². The van der Waals surface area contributed by atoms with Crippen molar-refractivity contribution in [1.29, 1.82) is 0 Å². The molecule has 0 unspecified atom stereocenters. The zero-order valence-corrected chi connectivity index (χ0v) is 15.2. The zero-order valence-electron chi connectivity index (χ0n) is 14.4. The number of fused-ring (bicyclic) bond motifs is 1. The van der Waals surface area contributed by atoms with Gasteiger partial charge in [0.1, 0.15) is 16.6 Å². The maximum atomic E-state index is 13.9. The lowest BCUT2D eigenvalue weighted by molar-refractivity contribution is -0.138. The van der Waals surface area contributed by atoms with Gasteiger partial charge in [0.2, 0.25) is 5.91 Å². The van der Waals surface area contributed by atoms with E-state index in [1.165, 1.54) is 4.90 Å². The van der Waals surface area contributed by atoms with Crippen molar-refractivity contribution in [2.45, 2.75) is 26.3 Å². The van der Waals surface area contributed by atoms with E-state index in [0.29, 0.717) is 10.7 Å². The van der Waals surface area contributed by atoms with Crippen LogP contribution in [0.25, 0.3) is 10.2 Å². The van der Waals surface area contributed by atoms with Crippen LogP contribution in [-0.2, 0) is 16.1 Å². The minimum Gasteiger partial charge on any atom is -0.481 e. The third-order valence-corrected chi connectivity index (χ3v) is 5.07. The summed E-state index contributed by atoms with van der Waals surface area (Å²) in [5.41, 5.74) is 1.65. The van der Waals surface area contributed by atoms with Crippen LogP contribution in [0.3, 0.4) is 0 Å². The van der Waals surface area contributed by atoms with Gasteiger partial charge in [-0.05, 0) is 18.6 Å². The summed E-state index contributed by atoms with van der Waals surface area (Å²) in [5, 5.41) is 9.28. The first kappa shape index (κ1) is 18.9. The summed E-state index contributed by atoms with van der Waals surface area (Å²) in [6.07, 6.45) is -0.460. The molecule has 0 aliphatic heterocycles. The van der Waals surface area contributed by atoms with E-state index >= 15 is 0 Å². The number of aromatic nitrogens is 1. The van der Waals surface area contributed by atoms with Crippen LogP contribution in [0.4, 0.5) is 14.5 Å². The Labute approximate surface area is 157 Å². The quantitative estimate of drug-likeness (QED) is 0.682. The number of aryl methyl sites for hydroxylation is 1. The van der Waals surface area contributed by atoms with Crippen molar-refractivity contribution < 1.29 is 23.5 Å². The van der Waals surface area contributed by atoms with Crippen molar-refractivity contribution in [3.05, 3.63) is 58.6 Å². The summed E-state index contributed by atoms with van der Waals surface area (Å²) in [6, 6.07) is 9.12. The van der Waals surface area contributed by atoms with Gasteiger partial charge in [0.15, 0.2) is 0 Å². The van der Waals surface area contributed by atoms with Gasteiger partial charge >= 0.3 is 5.97 Å². The molecule has 2 aromatic carbocycles. The van der Waals surface area contributed by atoms with E-state index in [1.807, 2.05) is 19.1 Å². The van der Waals surface area contributed by atoms with Crippen molar-refractivity contribution in [3.63, 3.8) is 0 Å². The Bertz CT molecular complexity index is 1020. The molecule has 3 aromatic rings. The van der Waals surface area contributed by atoms with Crippen LogP contribution < -0.4 is 4.90 Å². The van der Waals surface area contributed by atoms with Crippen molar-refractivity contribution in [2.75, 3.05) is 4.90 Å². The van der Waals surface area contributed by atoms with Crippen molar-refractivity contribution in [1.82, 2.24) is 4.98 Å². The van der Waals surface area contributed by atoms with Gasteiger partial charge in [-0.2, -0.15) is 0 Å². The van der Waals surface area contributed by atoms with Crippen LogP contribution in [0, 0.1) is 18.6 Å². The molecule has 1 aromatic heterocycles. The molecular formula is C19H16F2N2O3S. The lowest BCUT2D eigenvalue weighted by Crippen LogP contribution is -2.31. The first-order chi connectivity index (χ1) is 12.8. The third kappa shape index (κ3) is 4.28. The number of aliphatic carboxylic acids is 1. The van der Waals surface area contributed by atoms with Gasteiger partial charge in [-0.1, -0.05) is 18.2 Å². The molecule has 1 N–H and O–H groups in total. The second-order valence-electron chi connectivity index (χ2n) is 6.00. The molecular weight excluding hydrogens is 374 g/mol. The number of carboxylic acid groups (broad SMARTS) is 1. The number of para-hydroxylation sites is 1. The summed E-state index contributed by atoms with van der Waals surface area (Å²) in [5.74, 6) is -2.86. The summed E-state index contributed by atoms with van der Waals surface area (Å²) in [7, 11) is 0. The van der Waals surface area contributed by atoms with Gasteiger partial charge in [0, 0.05) is 24.2 Å². The number of halogens is 2. The number of carboxylic acids is 1. The molecule has 140 valence electrons. The second kappa shape index (κ2) is 7.79. The smallest absolute Gasteiger partial charge is 0.303 e. The molecule has 27 heavy (non-hydrogen) atoms. The number of hydrogen-bond donors (Lipinski definition) is 1. The SMILES string of the molecule is Cc1ccccc1N(Cc1nc2cc(F)cc(F)c2s1)C(=O)CCC(=O)O. The Hall–Kier alpha value is -2.87. The molecule has 1 amide bonds. The predicted molar refractivity (Wildman–Crippen MR) is 98.8 cm³/mol. The number of hydrogen-bond acceptors (Lipinski definition) is 4. The first-order valence-corrected chi connectivity index (χ1v) is 8.99. The van der Waals surface area contributed by atoms with E-state index < -0.39 is 17.6 Å². The summed E-state index contributed by atoms with van der Waals surface area (Å²) in [4.78, 5) is 29.1. The molecule has 5 nitrogen and oxygen atoms in total. The average Bonchev–Trinajstić information content (AvgIpc) is 3.01. The fraction of sp³-hybridized carbons (Fsp3) is 0.211. The fourth-order valence-corrected chi connectivity index (χ4v) is 3.67. The topological polar surface area (TPSA) is 70.5 Å².